The number of rotatable bonds is 5. The van der Waals surface area contributed by atoms with Gasteiger partial charge in [0.05, 0.1) is 19.8 Å². The van der Waals surface area contributed by atoms with Crippen molar-refractivity contribution in [3.05, 3.63) is 17.5 Å². The van der Waals surface area contributed by atoms with Gasteiger partial charge in [0.2, 0.25) is 5.91 Å². The van der Waals surface area contributed by atoms with E-state index in [-0.39, 0.29) is 36.0 Å². The van der Waals surface area contributed by atoms with E-state index in [1.54, 1.807) is 20.5 Å². The second-order valence-corrected chi connectivity index (χ2v) is 10.2. The second-order valence-electron chi connectivity index (χ2n) is 10.2. The van der Waals surface area contributed by atoms with Gasteiger partial charge in [0.1, 0.15) is 11.2 Å². The van der Waals surface area contributed by atoms with Crippen LogP contribution in [0, 0.1) is 0 Å². The van der Waals surface area contributed by atoms with Crippen LogP contribution >= 0.6 is 0 Å². The van der Waals surface area contributed by atoms with Gasteiger partial charge in [0.25, 0.3) is 11.8 Å². The highest BCUT2D eigenvalue weighted by atomic mass is 16.7. The molecule has 5 rings (SSSR count). The third kappa shape index (κ3) is 4.00. The highest BCUT2D eigenvalue weighted by molar-refractivity contribution is 6.02. The Morgan fingerprint density at radius 2 is 1.85 bits per heavy atom. The molecular weight excluding hydrogens is 438 g/mol. The van der Waals surface area contributed by atoms with Crippen molar-refractivity contribution in [1.82, 2.24) is 24.9 Å². The lowest BCUT2D eigenvalue weighted by Gasteiger charge is -2.43. The van der Waals surface area contributed by atoms with Gasteiger partial charge < -0.3 is 24.6 Å². The summed E-state index contributed by atoms with van der Waals surface area (Å²) >= 11 is 0. The van der Waals surface area contributed by atoms with Crippen molar-refractivity contribution < 1.29 is 23.9 Å². The van der Waals surface area contributed by atoms with E-state index in [2.05, 4.69) is 10.4 Å². The van der Waals surface area contributed by atoms with E-state index >= 15 is 0 Å². The van der Waals surface area contributed by atoms with Crippen molar-refractivity contribution in [3.8, 4) is 0 Å². The number of piperidine rings is 1. The molecule has 1 spiro atoms. The Morgan fingerprint density at radius 3 is 2.50 bits per heavy atom. The summed E-state index contributed by atoms with van der Waals surface area (Å²) in [7, 11) is 0. The lowest BCUT2D eigenvalue weighted by atomic mass is 9.94. The third-order valence-corrected chi connectivity index (χ3v) is 7.77. The van der Waals surface area contributed by atoms with Crippen molar-refractivity contribution in [2.45, 2.75) is 82.7 Å². The van der Waals surface area contributed by atoms with Gasteiger partial charge in [-0.3, -0.25) is 19.1 Å². The van der Waals surface area contributed by atoms with Gasteiger partial charge in [-0.1, -0.05) is 19.8 Å². The first-order valence-corrected chi connectivity index (χ1v) is 12.6. The lowest BCUT2D eigenvalue weighted by Crippen LogP contribution is -2.65. The number of carbonyl (C=O) groups excluding carboxylic acids is 3. The summed E-state index contributed by atoms with van der Waals surface area (Å²) in [5.74, 6) is -1.17. The number of likely N-dealkylation sites (tertiary alicyclic amines) is 1. The minimum absolute atomic E-state index is 0.145. The maximum absolute atomic E-state index is 13.5. The molecule has 0 radical (unpaired) electrons. The van der Waals surface area contributed by atoms with Gasteiger partial charge in [0, 0.05) is 44.6 Å². The number of ether oxygens (including phenoxy) is 2. The molecule has 186 valence electrons. The molecule has 2 saturated heterocycles. The molecule has 1 atom stereocenters. The van der Waals surface area contributed by atoms with E-state index in [0.29, 0.717) is 51.4 Å². The summed E-state index contributed by atoms with van der Waals surface area (Å²) in [6.07, 6.45) is 6.15. The van der Waals surface area contributed by atoms with E-state index in [0.717, 1.165) is 32.1 Å². The molecule has 0 aromatic carbocycles. The molecule has 1 saturated carbocycles. The summed E-state index contributed by atoms with van der Waals surface area (Å²) in [6.45, 7) is 6.70. The van der Waals surface area contributed by atoms with Crippen LogP contribution in [0.25, 0.3) is 0 Å². The minimum atomic E-state index is -1.05. The van der Waals surface area contributed by atoms with Crippen molar-refractivity contribution in [3.63, 3.8) is 0 Å². The molecule has 0 unspecified atom stereocenters. The van der Waals surface area contributed by atoms with Gasteiger partial charge in [-0.2, -0.15) is 5.10 Å². The Hall–Kier alpha value is -2.46. The summed E-state index contributed by atoms with van der Waals surface area (Å²) in [5, 5.41) is 7.67. The molecule has 10 heteroatoms. The third-order valence-electron chi connectivity index (χ3n) is 7.77. The first kappa shape index (κ1) is 23.3. The van der Waals surface area contributed by atoms with Crippen LogP contribution in [0.3, 0.4) is 0 Å². The molecule has 0 bridgehead atoms. The van der Waals surface area contributed by atoms with Crippen LogP contribution in [0.5, 0.6) is 0 Å². The minimum Gasteiger partial charge on any atom is -0.351 e. The monoisotopic (exact) mass is 473 g/mol. The van der Waals surface area contributed by atoms with Gasteiger partial charge in [-0.05, 0) is 26.2 Å². The number of carbonyl (C=O) groups is 3. The van der Waals surface area contributed by atoms with Crippen LogP contribution in [-0.2, 0) is 20.8 Å². The molecule has 1 aliphatic carbocycles. The van der Waals surface area contributed by atoms with Crippen LogP contribution in [-0.4, -0.2) is 87.5 Å². The highest BCUT2D eigenvalue weighted by Gasteiger charge is 2.48. The quantitative estimate of drug-likeness (QED) is 0.696. The maximum Gasteiger partial charge on any atom is 0.274 e. The number of nitrogens with zero attached hydrogens (tertiary/aromatic N) is 4. The Bertz CT molecular complexity index is 955. The van der Waals surface area contributed by atoms with Gasteiger partial charge >= 0.3 is 0 Å². The van der Waals surface area contributed by atoms with Gasteiger partial charge in [-0.15, -0.1) is 0 Å². The molecule has 1 aromatic heterocycles. The van der Waals surface area contributed by atoms with Crippen LogP contribution in [0.15, 0.2) is 6.07 Å². The second kappa shape index (κ2) is 8.96. The average molecular weight is 474 g/mol. The fourth-order valence-corrected chi connectivity index (χ4v) is 5.73. The van der Waals surface area contributed by atoms with Crippen LogP contribution in [0.4, 0.5) is 0 Å². The smallest absolute Gasteiger partial charge is 0.274 e. The summed E-state index contributed by atoms with van der Waals surface area (Å²) in [5.41, 5.74) is -0.452. The Labute approximate surface area is 199 Å². The normalized spacial score (nSPS) is 26.8. The SMILES string of the molecule is CCCN1C(=O)c2cc(C(=O)N3CCC4(CC3)OCCO4)nn2C[C@]1(C)C(=O)NC1CCCC1. The zero-order valence-electron chi connectivity index (χ0n) is 20.2. The molecule has 1 N–H and O–H groups in total. The van der Waals surface area contributed by atoms with Crippen molar-refractivity contribution in [2.75, 3.05) is 32.8 Å². The average Bonchev–Trinajstić information content (AvgIpc) is 3.59. The molecular formula is C24H35N5O5. The Morgan fingerprint density at radius 1 is 1.18 bits per heavy atom. The van der Waals surface area contributed by atoms with Crippen molar-refractivity contribution >= 4 is 17.7 Å². The van der Waals surface area contributed by atoms with E-state index < -0.39 is 11.3 Å². The molecule has 34 heavy (non-hydrogen) atoms. The van der Waals surface area contributed by atoms with E-state index in [4.69, 9.17) is 9.47 Å². The molecule has 10 nitrogen and oxygen atoms in total. The number of nitrogens with one attached hydrogen (secondary N) is 1. The van der Waals surface area contributed by atoms with Gasteiger partial charge in [-0.25, -0.2) is 0 Å². The highest BCUT2D eigenvalue weighted by Crippen LogP contribution is 2.33. The van der Waals surface area contributed by atoms with Crippen molar-refractivity contribution in [1.29, 1.82) is 0 Å². The number of hydrogen-bond donors (Lipinski definition) is 1. The zero-order chi connectivity index (χ0) is 23.9. The van der Waals surface area contributed by atoms with Crippen LogP contribution < -0.4 is 5.32 Å². The van der Waals surface area contributed by atoms with E-state index in [1.807, 2.05) is 13.8 Å². The van der Waals surface area contributed by atoms with Gasteiger partial charge in [0.15, 0.2) is 11.5 Å². The Balaban J connectivity index is 1.35. The number of fused-ring (bicyclic) bond motifs is 1. The number of hydrogen-bond acceptors (Lipinski definition) is 6. The molecule has 3 amide bonds. The van der Waals surface area contributed by atoms with Crippen molar-refractivity contribution in [2.24, 2.45) is 0 Å². The van der Waals surface area contributed by atoms with E-state index in [9.17, 15) is 14.4 Å². The summed E-state index contributed by atoms with van der Waals surface area (Å²) < 4.78 is 13.1. The largest absolute Gasteiger partial charge is 0.351 e. The first-order valence-electron chi connectivity index (χ1n) is 12.6. The summed E-state index contributed by atoms with van der Waals surface area (Å²) in [6, 6.07) is 1.74. The fraction of sp³-hybridized carbons (Fsp3) is 0.750. The van der Waals surface area contributed by atoms with E-state index in [1.165, 1.54) is 0 Å². The maximum atomic E-state index is 13.5. The van der Waals surface area contributed by atoms with Crippen LogP contribution in [0.1, 0.15) is 79.8 Å². The predicted molar refractivity (Wildman–Crippen MR) is 122 cm³/mol. The van der Waals surface area contributed by atoms with Crippen LogP contribution in [0.2, 0.25) is 0 Å². The number of aromatic nitrogens is 2. The molecule has 4 heterocycles. The molecule has 3 fully saturated rings. The topological polar surface area (TPSA) is 106 Å². The lowest BCUT2D eigenvalue weighted by molar-refractivity contribution is -0.181. The fourth-order valence-electron chi connectivity index (χ4n) is 5.73. The zero-order valence-corrected chi connectivity index (χ0v) is 20.2. The predicted octanol–water partition coefficient (Wildman–Crippen LogP) is 1.55. The standard InChI is InChI=1S/C24H35N5O5/c1-3-10-28-21(31)19-15-18(20(30)27-11-8-24(9-12-27)33-13-14-34-24)26-29(19)16-23(28,2)22(32)25-17-6-4-5-7-17/h15,17H,3-14,16H2,1-2H3,(H,25,32)/t23-/m1/s1. The number of amides is 3. The Kier molecular flexibility index (Phi) is 6.14. The molecule has 1 aromatic rings. The first-order chi connectivity index (χ1) is 16.3. The molecule has 4 aliphatic rings. The summed E-state index contributed by atoms with van der Waals surface area (Å²) in [4.78, 5) is 43.5. The molecule has 3 aliphatic heterocycles.